The monoisotopic (exact) mass is 313 g/mol. The lowest BCUT2D eigenvalue weighted by Gasteiger charge is -2.23. The standard InChI is InChI=1S/C14H13ClFNO2S/c1-14(19,9-5-6-20-7-9)8-17-13(18)10-3-2-4-11(16)12(10)15/h2-7,19H,8H2,1H3,(H,17,18). The maximum atomic E-state index is 13.3. The van der Waals surface area contributed by atoms with Crippen molar-refractivity contribution in [2.24, 2.45) is 0 Å². The first-order chi connectivity index (χ1) is 9.42. The molecule has 2 rings (SSSR count). The van der Waals surface area contributed by atoms with Crippen molar-refractivity contribution in [1.29, 1.82) is 0 Å². The molecule has 0 spiro atoms. The Kier molecular flexibility index (Phi) is 4.42. The summed E-state index contributed by atoms with van der Waals surface area (Å²) in [6, 6.07) is 5.81. The fraction of sp³-hybridized carbons (Fsp3) is 0.214. The summed E-state index contributed by atoms with van der Waals surface area (Å²) < 4.78 is 13.3. The Morgan fingerprint density at radius 1 is 1.50 bits per heavy atom. The van der Waals surface area contributed by atoms with Crippen molar-refractivity contribution in [1.82, 2.24) is 5.32 Å². The van der Waals surface area contributed by atoms with Crippen molar-refractivity contribution >= 4 is 28.8 Å². The Labute approximate surface area is 125 Å². The first-order valence-corrected chi connectivity index (χ1v) is 7.21. The van der Waals surface area contributed by atoms with Crippen LogP contribution in [0.1, 0.15) is 22.8 Å². The van der Waals surface area contributed by atoms with E-state index < -0.39 is 17.3 Å². The van der Waals surface area contributed by atoms with E-state index >= 15 is 0 Å². The molecular formula is C14H13ClFNO2S. The van der Waals surface area contributed by atoms with Crippen molar-refractivity contribution < 1.29 is 14.3 Å². The fourth-order valence-electron chi connectivity index (χ4n) is 1.70. The quantitative estimate of drug-likeness (QED) is 0.911. The van der Waals surface area contributed by atoms with Gasteiger partial charge in [0.05, 0.1) is 17.1 Å². The van der Waals surface area contributed by atoms with Crippen molar-refractivity contribution in [3.05, 3.63) is 57.0 Å². The molecule has 2 N–H and O–H groups in total. The van der Waals surface area contributed by atoms with Gasteiger partial charge in [-0.2, -0.15) is 11.3 Å². The number of thiophene rings is 1. The lowest BCUT2D eigenvalue weighted by atomic mass is 9.99. The number of nitrogens with one attached hydrogen (secondary N) is 1. The number of carbonyl (C=O) groups is 1. The highest BCUT2D eigenvalue weighted by Gasteiger charge is 2.25. The summed E-state index contributed by atoms with van der Waals surface area (Å²) in [5.74, 6) is -1.17. The van der Waals surface area contributed by atoms with E-state index in [-0.39, 0.29) is 17.1 Å². The lowest BCUT2D eigenvalue weighted by Crippen LogP contribution is -2.38. The summed E-state index contributed by atoms with van der Waals surface area (Å²) in [5.41, 5.74) is -0.420. The lowest BCUT2D eigenvalue weighted by molar-refractivity contribution is 0.0530. The smallest absolute Gasteiger partial charge is 0.253 e. The van der Waals surface area contributed by atoms with Crippen LogP contribution in [0.5, 0.6) is 0 Å². The third-order valence-corrected chi connectivity index (χ3v) is 4.00. The van der Waals surface area contributed by atoms with Gasteiger partial charge in [0, 0.05) is 0 Å². The van der Waals surface area contributed by atoms with Crippen LogP contribution >= 0.6 is 22.9 Å². The van der Waals surface area contributed by atoms with E-state index in [9.17, 15) is 14.3 Å². The largest absolute Gasteiger partial charge is 0.384 e. The number of hydrogen-bond acceptors (Lipinski definition) is 3. The minimum absolute atomic E-state index is 0.00933. The molecule has 20 heavy (non-hydrogen) atoms. The summed E-state index contributed by atoms with van der Waals surface area (Å²) in [6.45, 7) is 1.61. The van der Waals surface area contributed by atoms with Crippen LogP contribution in [-0.4, -0.2) is 17.6 Å². The second-order valence-corrected chi connectivity index (χ2v) is 5.73. The number of benzene rings is 1. The van der Waals surface area contributed by atoms with Gasteiger partial charge in [0.25, 0.3) is 5.91 Å². The molecule has 0 bridgehead atoms. The van der Waals surface area contributed by atoms with Crippen molar-refractivity contribution in [3.8, 4) is 0 Å². The summed E-state index contributed by atoms with van der Waals surface area (Å²) >= 11 is 7.20. The molecule has 1 unspecified atom stereocenters. The maximum absolute atomic E-state index is 13.3. The zero-order valence-electron chi connectivity index (χ0n) is 10.7. The Hall–Kier alpha value is -1.43. The number of carbonyl (C=O) groups excluding carboxylic acids is 1. The van der Waals surface area contributed by atoms with E-state index in [0.717, 1.165) is 0 Å². The van der Waals surface area contributed by atoms with E-state index in [1.807, 2.05) is 5.38 Å². The van der Waals surface area contributed by atoms with E-state index in [1.165, 1.54) is 29.5 Å². The molecule has 106 valence electrons. The molecular weight excluding hydrogens is 301 g/mol. The molecule has 3 nitrogen and oxygen atoms in total. The zero-order valence-corrected chi connectivity index (χ0v) is 12.3. The number of amides is 1. The molecule has 1 atom stereocenters. The first-order valence-electron chi connectivity index (χ1n) is 5.89. The first kappa shape index (κ1) is 15.0. The van der Waals surface area contributed by atoms with Gasteiger partial charge in [-0.05, 0) is 41.4 Å². The van der Waals surface area contributed by atoms with Gasteiger partial charge in [-0.25, -0.2) is 4.39 Å². The maximum Gasteiger partial charge on any atom is 0.253 e. The summed E-state index contributed by atoms with van der Waals surface area (Å²) in [5, 5.41) is 16.3. The predicted octanol–water partition coefficient (Wildman–Crippen LogP) is 3.18. The van der Waals surface area contributed by atoms with Gasteiger partial charge in [-0.15, -0.1) is 0 Å². The van der Waals surface area contributed by atoms with Crippen LogP contribution in [0, 0.1) is 5.82 Å². The highest BCUT2D eigenvalue weighted by molar-refractivity contribution is 7.08. The topological polar surface area (TPSA) is 49.3 Å². The second-order valence-electron chi connectivity index (χ2n) is 4.57. The Morgan fingerprint density at radius 3 is 2.90 bits per heavy atom. The highest BCUT2D eigenvalue weighted by Crippen LogP contribution is 2.23. The van der Waals surface area contributed by atoms with E-state index in [4.69, 9.17) is 11.6 Å². The van der Waals surface area contributed by atoms with Crippen LogP contribution in [0.15, 0.2) is 35.0 Å². The fourth-order valence-corrected chi connectivity index (χ4v) is 2.69. The number of halogens is 2. The number of rotatable bonds is 4. The van der Waals surface area contributed by atoms with Crippen molar-refractivity contribution in [3.63, 3.8) is 0 Å². The molecule has 0 aliphatic rings. The Morgan fingerprint density at radius 2 is 2.25 bits per heavy atom. The SMILES string of the molecule is CC(O)(CNC(=O)c1cccc(F)c1Cl)c1ccsc1. The molecule has 0 fully saturated rings. The Bertz CT molecular complexity index is 614. The number of hydrogen-bond donors (Lipinski definition) is 2. The molecule has 1 aromatic heterocycles. The van der Waals surface area contributed by atoms with Crippen LogP contribution in [0.25, 0.3) is 0 Å². The highest BCUT2D eigenvalue weighted by atomic mass is 35.5. The van der Waals surface area contributed by atoms with Gasteiger partial charge in [0.2, 0.25) is 0 Å². The second kappa shape index (κ2) is 5.91. The average Bonchev–Trinajstić information content (AvgIpc) is 2.94. The molecule has 0 saturated carbocycles. The van der Waals surface area contributed by atoms with Crippen molar-refractivity contribution in [2.75, 3.05) is 6.54 Å². The normalized spacial score (nSPS) is 13.8. The van der Waals surface area contributed by atoms with E-state index in [0.29, 0.717) is 5.56 Å². The minimum Gasteiger partial charge on any atom is -0.384 e. The van der Waals surface area contributed by atoms with E-state index in [1.54, 1.807) is 18.4 Å². The molecule has 0 aliphatic heterocycles. The predicted molar refractivity (Wildman–Crippen MR) is 77.6 cm³/mol. The average molecular weight is 314 g/mol. The van der Waals surface area contributed by atoms with Gasteiger partial charge in [-0.3, -0.25) is 4.79 Å². The molecule has 0 saturated heterocycles. The van der Waals surface area contributed by atoms with Crippen LogP contribution < -0.4 is 5.32 Å². The third kappa shape index (κ3) is 3.17. The zero-order chi connectivity index (χ0) is 14.8. The number of aliphatic hydroxyl groups is 1. The van der Waals surface area contributed by atoms with Crippen LogP contribution in [-0.2, 0) is 5.60 Å². The van der Waals surface area contributed by atoms with Crippen LogP contribution in [0.3, 0.4) is 0 Å². The molecule has 6 heteroatoms. The van der Waals surface area contributed by atoms with Gasteiger partial charge in [0.1, 0.15) is 11.4 Å². The summed E-state index contributed by atoms with van der Waals surface area (Å²) in [4.78, 5) is 12.0. The van der Waals surface area contributed by atoms with Gasteiger partial charge in [-0.1, -0.05) is 17.7 Å². The molecule has 0 radical (unpaired) electrons. The molecule has 1 amide bonds. The van der Waals surface area contributed by atoms with Crippen molar-refractivity contribution in [2.45, 2.75) is 12.5 Å². The third-order valence-electron chi connectivity index (χ3n) is 2.93. The Balaban J connectivity index is 2.08. The van der Waals surface area contributed by atoms with Crippen LogP contribution in [0.4, 0.5) is 4.39 Å². The van der Waals surface area contributed by atoms with E-state index in [2.05, 4.69) is 5.32 Å². The van der Waals surface area contributed by atoms with Gasteiger partial charge < -0.3 is 10.4 Å². The molecule has 0 aliphatic carbocycles. The molecule has 2 aromatic rings. The minimum atomic E-state index is -1.19. The van der Waals surface area contributed by atoms with Gasteiger partial charge in [0.15, 0.2) is 0 Å². The van der Waals surface area contributed by atoms with Crippen LogP contribution in [0.2, 0.25) is 5.02 Å². The molecule has 1 aromatic carbocycles. The summed E-state index contributed by atoms with van der Waals surface area (Å²) in [6.07, 6.45) is 0. The van der Waals surface area contributed by atoms with Gasteiger partial charge >= 0.3 is 0 Å². The molecule has 1 heterocycles. The summed E-state index contributed by atoms with van der Waals surface area (Å²) in [7, 11) is 0.